The summed E-state index contributed by atoms with van der Waals surface area (Å²) in [5.74, 6) is 3.89. The van der Waals surface area contributed by atoms with Crippen molar-refractivity contribution in [2.24, 2.45) is 17.8 Å². The van der Waals surface area contributed by atoms with Crippen molar-refractivity contribution < 1.29 is 4.74 Å². The van der Waals surface area contributed by atoms with Crippen LogP contribution in [0.2, 0.25) is 0 Å². The third-order valence-electron chi connectivity index (χ3n) is 4.36. The molecule has 2 aliphatic carbocycles. The van der Waals surface area contributed by atoms with Gasteiger partial charge in [-0.25, -0.2) is 4.98 Å². The molecule has 3 rings (SSSR count). The molecular formula is C14H20N2O. The normalized spacial score (nSPS) is 30.8. The van der Waals surface area contributed by atoms with E-state index in [1.807, 2.05) is 19.1 Å². The van der Waals surface area contributed by atoms with Crippen LogP contribution in [0.5, 0.6) is 5.75 Å². The second kappa shape index (κ2) is 4.21. The molecule has 92 valence electrons. The summed E-state index contributed by atoms with van der Waals surface area (Å²) in [5, 5.41) is 0. The molecule has 2 N–H and O–H groups in total. The highest BCUT2D eigenvalue weighted by atomic mass is 16.5. The van der Waals surface area contributed by atoms with Crippen LogP contribution in [-0.4, -0.2) is 11.6 Å². The van der Waals surface area contributed by atoms with E-state index in [4.69, 9.17) is 10.5 Å². The smallest absolute Gasteiger partial charge is 0.166 e. The summed E-state index contributed by atoms with van der Waals surface area (Å²) in [7, 11) is 0. The number of aryl methyl sites for hydroxylation is 1. The molecule has 2 saturated carbocycles. The average molecular weight is 232 g/mol. The van der Waals surface area contributed by atoms with E-state index in [0.29, 0.717) is 5.82 Å². The van der Waals surface area contributed by atoms with E-state index in [9.17, 15) is 0 Å². The van der Waals surface area contributed by atoms with E-state index in [-0.39, 0.29) is 0 Å². The summed E-state index contributed by atoms with van der Waals surface area (Å²) in [5.41, 5.74) is 6.79. The van der Waals surface area contributed by atoms with Gasteiger partial charge in [-0.05, 0) is 56.1 Å². The minimum absolute atomic E-state index is 0.521. The van der Waals surface area contributed by atoms with Crippen LogP contribution < -0.4 is 10.5 Å². The predicted octanol–water partition coefficient (Wildman–Crippen LogP) is 2.79. The maximum atomic E-state index is 5.85. The maximum absolute atomic E-state index is 5.85. The van der Waals surface area contributed by atoms with Gasteiger partial charge in [-0.15, -0.1) is 0 Å². The van der Waals surface area contributed by atoms with Crippen LogP contribution in [0.3, 0.4) is 0 Å². The third kappa shape index (κ3) is 2.11. The molecule has 17 heavy (non-hydrogen) atoms. The molecule has 3 heteroatoms. The molecule has 3 unspecified atom stereocenters. The zero-order valence-electron chi connectivity index (χ0n) is 10.4. The van der Waals surface area contributed by atoms with Gasteiger partial charge in [0.1, 0.15) is 0 Å². The number of fused-ring (bicyclic) bond motifs is 2. The molecule has 0 amide bonds. The van der Waals surface area contributed by atoms with Crippen LogP contribution in [0, 0.1) is 24.7 Å². The van der Waals surface area contributed by atoms with E-state index in [2.05, 4.69) is 4.98 Å². The summed E-state index contributed by atoms with van der Waals surface area (Å²) in [6, 6.07) is 3.89. The first-order valence-corrected chi connectivity index (χ1v) is 6.58. The Kier molecular flexibility index (Phi) is 2.69. The van der Waals surface area contributed by atoms with E-state index >= 15 is 0 Å². The number of ether oxygens (including phenoxy) is 1. The SMILES string of the molecule is Cc1ccc(OCC2CC3CCC2C3)c(N)n1. The third-order valence-corrected chi connectivity index (χ3v) is 4.36. The fraction of sp³-hybridized carbons (Fsp3) is 0.643. The van der Waals surface area contributed by atoms with Gasteiger partial charge in [0.15, 0.2) is 11.6 Å². The van der Waals surface area contributed by atoms with E-state index in [1.54, 1.807) is 0 Å². The maximum Gasteiger partial charge on any atom is 0.166 e. The Labute approximate surface area is 102 Å². The first-order valence-electron chi connectivity index (χ1n) is 6.58. The van der Waals surface area contributed by atoms with Gasteiger partial charge in [0.25, 0.3) is 0 Å². The predicted molar refractivity (Wildman–Crippen MR) is 67.8 cm³/mol. The van der Waals surface area contributed by atoms with Crippen LogP contribution in [0.1, 0.15) is 31.4 Å². The summed E-state index contributed by atoms with van der Waals surface area (Å²) in [6.45, 7) is 2.76. The molecule has 1 heterocycles. The van der Waals surface area contributed by atoms with Crippen LogP contribution in [-0.2, 0) is 0 Å². The summed E-state index contributed by atoms with van der Waals surface area (Å²) >= 11 is 0. The fourth-order valence-electron chi connectivity index (χ4n) is 3.46. The Morgan fingerprint density at radius 1 is 1.35 bits per heavy atom. The monoisotopic (exact) mass is 232 g/mol. The molecule has 0 aliphatic heterocycles. The van der Waals surface area contributed by atoms with Crippen LogP contribution in [0.15, 0.2) is 12.1 Å². The lowest BCUT2D eigenvalue weighted by molar-refractivity contribution is 0.195. The van der Waals surface area contributed by atoms with Crippen LogP contribution >= 0.6 is 0 Å². The lowest BCUT2D eigenvalue weighted by Gasteiger charge is -2.22. The lowest BCUT2D eigenvalue weighted by Crippen LogP contribution is -2.19. The molecule has 2 aliphatic rings. The van der Waals surface area contributed by atoms with Crippen molar-refractivity contribution in [1.29, 1.82) is 0 Å². The molecule has 1 aromatic rings. The number of nitrogen functional groups attached to an aromatic ring is 1. The molecule has 0 radical (unpaired) electrons. The molecule has 0 aromatic carbocycles. The Bertz CT molecular complexity index is 419. The van der Waals surface area contributed by atoms with Crippen molar-refractivity contribution in [3.05, 3.63) is 17.8 Å². The van der Waals surface area contributed by atoms with E-state index in [1.165, 1.54) is 25.7 Å². The number of hydrogen-bond acceptors (Lipinski definition) is 3. The Morgan fingerprint density at radius 2 is 2.24 bits per heavy atom. The summed E-state index contributed by atoms with van der Waals surface area (Å²) in [6.07, 6.45) is 5.62. The molecule has 2 fully saturated rings. The average Bonchev–Trinajstić information content (AvgIpc) is 2.89. The summed E-state index contributed by atoms with van der Waals surface area (Å²) in [4.78, 5) is 4.22. The van der Waals surface area contributed by atoms with Crippen molar-refractivity contribution >= 4 is 5.82 Å². The first kappa shape index (κ1) is 10.9. The van der Waals surface area contributed by atoms with Gasteiger partial charge in [0.2, 0.25) is 0 Å². The molecular weight excluding hydrogens is 212 g/mol. The lowest BCUT2D eigenvalue weighted by atomic mass is 9.89. The molecule has 2 bridgehead atoms. The highest BCUT2D eigenvalue weighted by Gasteiger charge is 2.39. The molecule has 0 saturated heterocycles. The Morgan fingerprint density at radius 3 is 2.88 bits per heavy atom. The van der Waals surface area contributed by atoms with Crippen molar-refractivity contribution in [1.82, 2.24) is 4.98 Å². The van der Waals surface area contributed by atoms with Crippen LogP contribution in [0.4, 0.5) is 5.82 Å². The van der Waals surface area contributed by atoms with Crippen molar-refractivity contribution in [3.63, 3.8) is 0 Å². The summed E-state index contributed by atoms with van der Waals surface area (Å²) < 4.78 is 5.84. The number of nitrogens with zero attached hydrogens (tertiary/aromatic N) is 1. The zero-order valence-corrected chi connectivity index (χ0v) is 10.4. The number of hydrogen-bond donors (Lipinski definition) is 1. The highest BCUT2D eigenvalue weighted by Crippen LogP contribution is 2.48. The van der Waals surface area contributed by atoms with Crippen LogP contribution in [0.25, 0.3) is 0 Å². The number of rotatable bonds is 3. The minimum Gasteiger partial charge on any atom is -0.489 e. The minimum atomic E-state index is 0.521. The first-order chi connectivity index (χ1) is 8.22. The number of pyridine rings is 1. The van der Waals surface area contributed by atoms with Gasteiger partial charge >= 0.3 is 0 Å². The standard InChI is InChI=1S/C14H20N2O/c1-9-2-5-13(14(15)16-9)17-8-12-7-10-3-4-11(12)6-10/h2,5,10-12H,3-4,6-8H2,1H3,(H2,15,16). The van der Waals surface area contributed by atoms with Gasteiger partial charge in [-0.2, -0.15) is 0 Å². The van der Waals surface area contributed by atoms with Gasteiger partial charge in [-0.3, -0.25) is 0 Å². The number of anilines is 1. The molecule has 3 nitrogen and oxygen atoms in total. The zero-order chi connectivity index (χ0) is 11.8. The molecule has 0 spiro atoms. The Balaban J connectivity index is 1.60. The Hall–Kier alpha value is -1.25. The second-order valence-electron chi connectivity index (χ2n) is 5.58. The van der Waals surface area contributed by atoms with Gasteiger partial charge in [-0.1, -0.05) is 6.42 Å². The van der Waals surface area contributed by atoms with Crippen molar-refractivity contribution in [2.45, 2.75) is 32.6 Å². The largest absolute Gasteiger partial charge is 0.489 e. The number of aromatic nitrogens is 1. The van der Waals surface area contributed by atoms with Gasteiger partial charge < -0.3 is 10.5 Å². The highest BCUT2D eigenvalue weighted by molar-refractivity contribution is 5.46. The van der Waals surface area contributed by atoms with E-state index in [0.717, 1.165) is 35.8 Å². The second-order valence-corrected chi connectivity index (χ2v) is 5.58. The van der Waals surface area contributed by atoms with Crippen molar-refractivity contribution in [3.8, 4) is 5.75 Å². The van der Waals surface area contributed by atoms with E-state index < -0.39 is 0 Å². The molecule has 1 aromatic heterocycles. The van der Waals surface area contributed by atoms with Crippen molar-refractivity contribution in [2.75, 3.05) is 12.3 Å². The topological polar surface area (TPSA) is 48.1 Å². The quantitative estimate of drug-likeness (QED) is 0.871. The molecule has 3 atom stereocenters. The van der Waals surface area contributed by atoms with Gasteiger partial charge in [0.05, 0.1) is 6.61 Å². The van der Waals surface area contributed by atoms with Gasteiger partial charge in [0, 0.05) is 5.69 Å². The number of nitrogens with two attached hydrogens (primary N) is 1. The fourth-order valence-corrected chi connectivity index (χ4v) is 3.46.